The van der Waals surface area contributed by atoms with Crippen LogP contribution in [0.15, 0.2) is 24.8 Å². The average molecular weight is 270 g/mol. The molecule has 1 aromatic carbocycles. The third-order valence-corrected chi connectivity index (χ3v) is 2.52. The lowest BCUT2D eigenvalue weighted by Gasteiger charge is -2.21. The van der Waals surface area contributed by atoms with Crippen LogP contribution in [0.25, 0.3) is 0 Å². The second-order valence-corrected chi connectivity index (χ2v) is 3.89. The van der Waals surface area contributed by atoms with Crippen molar-refractivity contribution in [2.75, 3.05) is 32.5 Å². The normalized spacial score (nSPS) is 10.3. The Labute approximate surface area is 110 Å². The topological polar surface area (TPSA) is 55.6 Å². The summed E-state index contributed by atoms with van der Waals surface area (Å²) in [6.07, 6.45) is 1.53. The van der Waals surface area contributed by atoms with Crippen molar-refractivity contribution < 1.29 is 18.3 Å². The lowest BCUT2D eigenvalue weighted by Crippen LogP contribution is -2.34. The molecule has 6 heteroatoms. The highest BCUT2D eigenvalue weighted by Crippen LogP contribution is 2.18. The van der Waals surface area contributed by atoms with Gasteiger partial charge in [0.15, 0.2) is 11.6 Å². The summed E-state index contributed by atoms with van der Waals surface area (Å²) < 4.78 is 31.0. The maximum Gasteiger partial charge on any atom is 0.256 e. The summed E-state index contributed by atoms with van der Waals surface area (Å²) in [7, 11) is 1.50. The molecule has 0 aliphatic carbocycles. The van der Waals surface area contributed by atoms with E-state index in [1.54, 1.807) is 0 Å². The zero-order valence-electron chi connectivity index (χ0n) is 10.7. The molecule has 0 radical (unpaired) electrons. The fourth-order valence-corrected chi connectivity index (χ4v) is 1.55. The summed E-state index contributed by atoms with van der Waals surface area (Å²) in [4.78, 5) is 13.6. The summed E-state index contributed by atoms with van der Waals surface area (Å²) in [6.45, 7) is 4.43. The monoisotopic (exact) mass is 270 g/mol. The maximum atomic E-state index is 13.2. The van der Waals surface area contributed by atoms with E-state index in [-0.39, 0.29) is 17.8 Å². The van der Waals surface area contributed by atoms with Gasteiger partial charge in [-0.05, 0) is 6.07 Å². The molecular formula is C13H16F2N2O2. The highest BCUT2D eigenvalue weighted by Gasteiger charge is 2.19. The molecule has 104 valence electrons. The van der Waals surface area contributed by atoms with Crippen LogP contribution in [-0.4, -0.2) is 37.6 Å². The molecule has 1 aromatic rings. The number of halogens is 2. The summed E-state index contributed by atoms with van der Waals surface area (Å²) in [5, 5.41) is 0. The van der Waals surface area contributed by atoms with Crippen LogP contribution in [0, 0.1) is 11.6 Å². The number of hydrogen-bond donors (Lipinski definition) is 1. The molecule has 2 N–H and O–H groups in total. The first kappa shape index (κ1) is 15.1. The summed E-state index contributed by atoms with van der Waals surface area (Å²) in [6, 6.07) is 1.60. The lowest BCUT2D eigenvalue weighted by molar-refractivity contribution is 0.0718. The molecule has 0 unspecified atom stereocenters. The third-order valence-electron chi connectivity index (χ3n) is 2.52. The second kappa shape index (κ2) is 6.84. The summed E-state index contributed by atoms with van der Waals surface area (Å²) in [5.41, 5.74) is 5.37. The number of ether oxygens (including phenoxy) is 1. The molecule has 19 heavy (non-hydrogen) atoms. The molecule has 1 rings (SSSR count). The first-order chi connectivity index (χ1) is 9.01. The Morgan fingerprint density at radius 3 is 2.68 bits per heavy atom. The van der Waals surface area contributed by atoms with Crippen LogP contribution in [0.5, 0.6) is 0 Å². The Morgan fingerprint density at radius 1 is 1.47 bits per heavy atom. The zero-order chi connectivity index (χ0) is 14.4. The van der Waals surface area contributed by atoms with Crippen LogP contribution >= 0.6 is 0 Å². The van der Waals surface area contributed by atoms with Gasteiger partial charge in [0, 0.05) is 32.0 Å². The molecule has 0 bridgehead atoms. The van der Waals surface area contributed by atoms with Gasteiger partial charge in [-0.25, -0.2) is 8.78 Å². The van der Waals surface area contributed by atoms with E-state index in [0.717, 1.165) is 12.1 Å². The molecular weight excluding hydrogens is 254 g/mol. The maximum absolute atomic E-state index is 13.2. The van der Waals surface area contributed by atoms with Crippen LogP contribution in [0.2, 0.25) is 0 Å². The van der Waals surface area contributed by atoms with Crippen LogP contribution in [-0.2, 0) is 4.74 Å². The van der Waals surface area contributed by atoms with Gasteiger partial charge in [-0.1, -0.05) is 6.08 Å². The van der Waals surface area contributed by atoms with Crippen molar-refractivity contribution in [2.24, 2.45) is 0 Å². The van der Waals surface area contributed by atoms with E-state index in [0.29, 0.717) is 13.2 Å². The van der Waals surface area contributed by atoms with E-state index < -0.39 is 17.5 Å². The first-order valence-electron chi connectivity index (χ1n) is 5.64. The van der Waals surface area contributed by atoms with E-state index in [1.165, 1.54) is 18.1 Å². The standard InChI is InChI=1S/C13H16F2N2O2/c1-3-4-17(5-6-19-2)13(18)9-7-10(14)11(15)8-12(9)16/h3,7-8H,1,4-6,16H2,2H3. The van der Waals surface area contributed by atoms with Gasteiger partial charge < -0.3 is 15.4 Å². The van der Waals surface area contributed by atoms with Crippen molar-refractivity contribution in [1.82, 2.24) is 4.90 Å². The van der Waals surface area contributed by atoms with Gasteiger partial charge in [-0.3, -0.25) is 4.79 Å². The van der Waals surface area contributed by atoms with E-state index >= 15 is 0 Å². The Bertz CT molecular complexity index is 478. The molecule has 0 heterocycles. The number of carbonyl (C=O) groups is 1. The van der Waals surface area contributed by atoms with Crippen LogP contribution in [0.3, 0.4) is 0 Å². The largest absolute Gasteiger partial charge is 0.398 e. The number of carbonyl (C=O) groups excluding carboxylic acids is 1. The molecule has 0 saturated carbocycles. The van der Waals surface area contributed by atoms with Gasteiger partial charge in [-0.2, -0.15) is 0 Å². The fraction of sp³-hybridized carbons (Fsp3) is 0.308. The average Bonchev–Trinajstić information content (AvgIpc) is 2.38. The number of nitrogens with zero attached hydrogens (tertiary/aromatic N) is 1. The first-order valence-corrected chi connectivity index (χ1v) is 5.64. The molecule has 0 saturated heterocycles. The van der Waals surface area contributed by atoms with Crippen LogP contribution < -0.4 is 5.73 Å². The predicted molar refractivity (Wildman–Crippen MR) is 68.7 cm³/mol. The van der Waals surface area contributed by atoms with E-state index in [2.05, 4.69) is 6.58 Å². The van der Waals surface area contributed by atoms with Crippen molar-refractivity contribution in [1.29, 1.82) is 0 Å². The zero-order valence-corrected chi connectivity index (χ0v) is 10.7. The van der Waals surface area contributed by atoms with Crippen molar-refractivity contribution in [2.45, 2.75) is 0 Å². The number of benzene rings is 1. The molecule has 0 atom stereocenters. The number of anilines is 1. The smallest absolute Gasteiger partial charge is 0.256 e. The number of hydrogen-bond acceptors (Lipinski definition) is 3. The Hall–Kier alpha value is -1.95. The molecule has 0 aliphatic rings. The number of methoxy groups -OCH3 is 1. The van der Waals surface area contributed by atoms with Crippen molar-refractivity contribution in [3.05, 3.63) is 42.0 Å². The number of rotatable bonds is 6. The van der Waals surface area contributed by atoms with E-state index in [1.807, 2.05) is 0 Å². The van der Waals surface area contributed by atoms with Crippen LogP contribution in [0.4, 0.5) is 14.5 Å². The van der Waals surface area contributed by atoms with Crippen LogP contribution in [0.1, 0.15) is 10.4 Å². The minimum Gasteiger partial charge on any atom is -0.398 e. The molecule has 0 fully saturated rings. The Kier molecular flexibility index (Phi) is 5.44. The fourth-order valence-electron chi connectivity index (χ4n) is 1.55. The molecule has 0 aromatic heterocycles. The summed E-state index contributed by atoms with van der Waals surface area (Å²) >= 11 is 0. The number of nitrogen functional groups attached to an aromatic ring is 1. The predicted octanol–water partition coefficient (Wildman–Crippen LogP) is 1.82. The minimum atomic E-state index is -1.11. The highest BCUT2D eigenvalue weighted by atomic mass is 19.2. The van der Waals surface area contributed by atoms with E-state index in [9.17, 15) is 13.6 Å². The Balaban J connectivity index is 3.01. The van der Waals surface area contributed by atoms with Gasteiger partial charge in [-0.15, -0.1) is 6.58 Å². The highest BCUT2D eigenvalue weighted by molar-refractivity contribution is 5.99. The molecule has 0 spiro atoms. The number of amides is 1. The SMILES string of the molecule is C=CCN(CCOC)C(=O)c1cc(F)c(F)cc1N. The summed E-state index contributed by atoms with van der Waals surface area (Å²) in [5.74, 6) is -2.68. The van der Waals surface area contributed by atoms with Crippen molar-refractivity contribution in [3.63, 3.8) is 0 Å². The molecule has 4 nitrogen and oxygen atoms in total. The molecule has 0 aliphatic heterocycles. The second-order valence-electron chi connectivity index (χ2n) is 3.89. The molecule has 1 amide bonds. The van der Waals surface area contributed by atoms with Gasteiger partial charge in [0.1, 0.15) is 0 Å². The Morgan fingerprint density at radius 2 is 2.11 bits per heavy atom. The van der Waals surface area contributed by atoms with Gasteiger partial charge in [0.05, 0.1) is 12.2 Å². The van der Waals surface area contributed by atoms with Crippen molar-refractivity contribution >= 4 is 11.6 Å². The van der Waals surface area contributed by atoms with E-state index in [4.69, 9.17) is 10.5 Å². The minimum absolute atomic E-state index is 0.0724. The van der Waals surface area contributed by atoms with Crippen molar-refractivity contribution in [3.8, 4) is 0 Å². The van der Waals surface area contributed by atoms with Gasteiger partial charge in [0.25, 0.3) is 5.91 Å². The van der Waals surface area contributed by atoms with Gasteiger partial charge >= 0.3 is 0 Å². The van der Waals surface area contributed by atoms with Gasteiger partial charge in [0.2, 0.25) is 0 Å². The third kappa shape index (κ3) is 3.75. The lowest BCUT2D eigenvalue weighted by atomic mass is 10.1. The number of nitrogens with two attached hydrogens (primary N) is 1. The quantitative estimate of drug-likeness (QED) is 0.633.